The lowest BCUT2D eigenvalue weighted by Crippen LogP contribution is -1.93. The molecule has 1 nitrogen and oxygen atoms in total. The molecule has 0 amide bonds. The Bertz CT molecular complexity index is 1100. The van der Waals surface area contributed by atoms with Gasteiger partial charge in [-0.05, 0) is 43.2 Å². The van der Waals surface area contributed by atoms with E-state index in [4.69, 9.17) is 0 Å². The summed E-state index contributed by atoms with van der Waals surface area (Å²) in [4.78, 5) is 0. The van der Waals surface area contributed by atoms with E-state index in [1.807, 2.05) is 6.92 Å². The zero-order chi connectivity index (χ0) is 17.2. The lowest BCUT2D eigenvalue weighted by atomic mass is 10.0. The molecule has 1 aromatic heterocycles. The maximum Gasteiger partial charge on any atom is 0.0543 e. The molecule has 3 aromatic carbocycles. The molecule has 4 aromatic rings. The first-order valence-electron chi connectivity index (χ1n) is 8.68. The predicted octanol–water partition coefficient (Wildman–Crippen LogP) is 6.90. The van der Waals surface area contributed by atoms with Crippen molar-refractivity contribution in [3.8, 4) is 11.1 Å². The van der Waals surface area contributed by atoms with Crippen LogP contribution in [0.4, 0.5) is 0 Å². The molecule has 0 unspecified atom stereocenters. The fourth-order valence-electron chi connectivity index (χ4n) is 3.47. The van der Waals surface area contributed by atoms with Gasteiger partial charge in [-0.25, -0.2) is 0 Å². The molecule has 25 heavy (non-hydrogen) atoms. The smallest absolute Gasteiger partial charge is 0.0543 e. The van der Waals surface area contributed by atoms with Crippen molar-refractivity contribution in [3.63, 3.8) is 0 Å². The Morgan fingerprint density at radius 3 is 2.28 bits per heavy atom. The van der Waals surface area contributed by atoms with Gasteiger partial charge in [-0.15, -0.1) is 0 Å². The Labute approximate surface area is 148 Å². The zero-order valence-corrected chi connectivity index (χ0v) is 14.6. The summed E-state index contributed by atoms with van der Waals surface area (Å²) in [5.74, 6) is 0. The summed E-state index contributed by atoms with van der Waals surface area (Å²) in [6.07, 6.45) is 6.32. The van der Waals surface area contributed by atoms with Gasteiger partial charge in [0.25, 0.3) is 0 Å². The summed E-state index contributed by atoms with van der Waals surface area (Å²) < 4.78 is 2.36. The van der Waals surface area contributed by atoms with Crippen LogP contribution in [0.25, 0.3) is 38.6 Å². The van der Waals surface area contributed by atoms with Gasteiger partial charge in [-0.1, -0.05) is 72.8 Å². The molecule has 0 saturated heterocycles. The summed E-state index contributed by atoms with van der Waals surface area (Å²) in [5, 5.41) is 2.59. The largest absolute Gasteiger partial charge is 0.313 e. The SMILES string of the molecule is C/C=C\C=C(/C)n1c2ccccc2c2ccc(-c3ccccc3)cc21. The minimum atomic E-state index is 1.22. The second-order valence-corrected chi connectivity index (χ2v) is 6.28. The van der Waals surface area contributed by atoms with E-state index in [-0.39, 0.29) is 0 Å². The van der Waals surface area contributed by atoms with Crippen LogP contribution in [0.15, 0.2) is 91.0 Å². The minimum absolute atomic E-state index is 1.22. The van der Waals surface area contributed by atoms with Crippen molar-refractivity contribution >= 4 is 27.5 Å². The van der Waals surface area contributed by atoms with Gasteiger partial charge in [0.15, 0.2) is 0 Å². The highest BCUT2D eigenvalue weighted by Gasteiger charge is 2.12. The molecule has 0 atom stereocenters. The fraction of sp³-hybridized carbons (Fsp3) is 0.0833. The lowest BCUT2D eigenvalue weighted by Gasteiger charge is -2.09. The number of benzene rings is 3. The first kappa shape index (κ1) is 15.5. The van der Waals surface area contributed by atoms with E-state index in [2.05, 4.69) is 103 Å². The van der Waals surface area contributed by atoms with Gasteiger partial charge in [0.1, 0.15) is 0 Å². The van der Waals surface area contributed by atoms with Crippen LogP contribution in [0, 0.1) is 0 Å². The highest BCUT2D eigenvalue weighted by atomic mass is 15.0. The standard InChI is InChI=1S/C24H21N/c1-3-4-10-18(2)25-23-14-9-8-13-21(23)22-16-15-20(17-24(22)25)19-11-6-5-7-12-19/h3-17H,1-2H3/b4-3-,18-10+. The van der Waals surface area contributed by atoms with Crippen molar-refractivity contribution in [2.45, 2.75) is 13.8 Å². The topological polar surface area (TPSA) is 4.93 Å². The van der Waals surface area contributed by atoms with Gasteiger partial charge >= 0.3 is 0 Å². The number of fused-ring (bicyclic) bond motifs is 3. The molecular weight excluding hydrogens is 302 g/mol. The van der Waals surface area contributed by atoms with E-state index >= 15 is 0 Å². The van der Waals surface area contributed by atoms with Crippen molar-refractivity contribution < 1.29 is 0 Å². The molecule has 0 saturated carbocycles. The molecule has 0 N–H and O–H groups in total. The van der Waals surface area contributed by atoms with Gasteiger partial charge in [0.2, 0.25) is 0 Å². The summed E-state index contributed by atoms with van der Waals surface area (Å²) in [6.45, 7) is 4.21. The van der Waals surface area contributed by atoms with E-state index in [0.717, 1.165) is 0 Å². The highest BCUT2D eigenvalue weighted by molar-refractivity contribution is 6.10. The number of rotatable bonds is 3. The highest BCUT2D eigenvalue weighted by Crippen LogP contribution is 2.34. The Morgan fingerprint density at radius 2 is 1.48 bits per heavy atom. The number of hydrogen-bond acceptors (Lipinski definition) is 0. The second kappa shape index (κ2) is 6.45. The summed E-state index contributed by atoms with van der Waals surface area (Å²) in [7, 11) is 0. The van der Waals surface area contributed by atoms with E-state index in [9.17, 15) is 0 Å². The molecule has 0 bridgehead atoms. The zero-order valence-electron chi connectivity index (χ0n) is 14.6. The molecule has 0 fully saturated rings. The van der Waals surface area contributed by atoms with Crippen molar-refractivity contribution in [3.05, 3.63) is 91.0 Å². The molecule has 1 heterocycles. The molecule has 0 aliphatic heterocycles. The second-order valence-electron chi connectivity index (χ2n) is 6.28. The van der Waals surface area contributed by atoms with Crippen LogP contribution in [0.5, 0.6) is 0 Å². The van der Waals surface area contributed by atoms with Crippen molar-refractivity contribution in [1.82, 2.24) is 4.57 Å². The summed E-state index contributed by atoms with van der Waals surface area (Å²) >= 11 is 0. The molecule has 1 heteroatoms. The third-order valence-corrected chi connectivity index (χ3v) is 4.66. The first-order chi connectivity index (χ1) is 12.3. The van der Waals surface area contributed by atoms with Gasteiger partial charge in [0.05, 0.1) is 11.0 Å². The van der Waals surface area contributed by atoms with Crippen molar-refractivity contribution in [2.75, 3.05) is 0 Å². The molecule has 4 rings (SSSR count). The number of nitrogens with zero attached hydrogens (tertiary/aromatic N) is 1. The van der Waals surface area contributed by atoms with Crippen LogP contribution < -0.4 is 0 Å². The predicted molar refractivity (Wildman–Crippen MR) is 110 cm³/mol. The third-order valence-electron chi connectivity index (χ3n) is 4.66. The van der Waals surface area contributed by atoms with Crippen molar-refractivity contribution in [2.24, 2.45) is 0 Å². The quantitative estimate of drug-likeness (QED) is 0.361. The molecule has 0 aliphatic carbocycles. The normalized spacial score (nSPS) is 12.5. The Kier molecular flexibility index (Phi) is 3.99. The Morgan fingerprint density at radius 1 is 0.760 bits per heavy atom. The number of para-hydroxylation sites is 1. The van der Waals surface area contributed by atoms with Crippen LogP contribution >= 0.6 is 0 Å². The molecule has 0 radical (unpaired) electrons. The van der Waals surface area contributed by atoms with Gasteiger partial charge in [-0.3, -0.25) is 0 Å². The number of hydrogen-bond donors (Lipinski definition) is 0. The van der Waals surface area contributed by atoms with E-state index in [1.54, 1.807) is 0 Å². The van der Waals surface area contributed by atoms with Gasteiger partial charge in [-0.2, -0.15) is 0 Å². The average molecular weight is 323 g/mol. The lowest BCUT2D eigenvalue weighted by molar-refractivity contribution is 1.20. The van der Waals surface area contributed by atoms with Crippen LogP contribution in [0.1, 0.15) is 13.8 Å². The fourth-order valence-corrected chi connectivity index (χ4v) is 3.47. The minimum Gasteiger partial charge on any atom is -0.313 e. The van der Waals surface area contributed by atoms with Gasteiger partial charge in [0, 0.05) is 16.5 Å². The number of allylic oxidation sites excluding steroid dienone is 4. The maximum atomic E-state index is 2.36. The molecule has 0 aliphatic rings. The Balaban J connectivity index is 2.05. The monoisotopic (exact) mass is 323 g/mol. The van der Waals surface area contributed by atoms with E-state index in [0.29, 0.717) is 0 Å². The average Bonchev–Trinajstić information content (AvgIpc) is 3.00. The molecule has 0 spiro atoms. The van der Waals surface area contributed by atoms with Gasteiger partial charge < -0.3 is 4.57 Å². The molecule has 122 valence electrons. The van der Waals surface area contributed by atoms with Crippen LogP contribution in [-0.4, -0.2) is 4.57 Å². The molecular formula is C24H21N. The van der Waals surface area contributed by atoms with Crippen LogP contribution in [0.3, 0.4) is 0 Å². The van der Waals surface area contributed by atoms with Crippen molar-refractivity contribution in [1.29, 1.82) is 0 Å². The third kappa shape index (κ3) is 2.68. The number of aromatic nitrogens is 1. The van der Waals surface area contributed by atoms with Crippen LogP contribution in [0.2, 0.25) is 0 Å². The Hall–Kier alpha value is -3.06. The van der Waals surface area contributed by atoms with Crippen LogP contribution in [-0.2, 0) is 0 Å². The summed E-state index contributed by atoms with van der Waals surface area (Å²) in [6, 6.07) is 26.0. The maximum absolute atomic E-state index is 2.36. The van der Waals surface area contributed by atoms with E-state index < -0.39 is 0 Å². The van der Waals surface area contributed by atoms with E-state index in [1.165, 1.54) is 38.6 Å². The first-order valence-corrected chi connectivity index (χ1v) is 8.68. The summed E-state index contributed by atoms with van der Waals surface area (Å²) in [5.41, 5.74) is 6.21.